The molecule has 6 heteroatoms. The van der Waals surface area contributed by atoms with Gasteiger partial charge >= 0.3 is 5.97 Å². The van der Waals surface area contributed by atoms with Crippen molar-refractivity contribution >= 4 is 12.0 Å². The molecule has 0 bridgehead atoms. The molecule has 1 heterocycles. The molecule has 0 aliphatic rings. The van der Waals surface area contributed by atoms with E-state index < -0.39 is 0 Å². The topological polar surface area (TPSA) is 66.9 Å². The maximum absolute atomic E-state index is 12.9. The lowest BCUT2D eigenvalue weighted by Crippen LogP contribution is -2.09. The first kappa shape index (κ1) is 28.2. The highest BCUT2D eigenvalue weighted by atomic mass is 16.5. The predicted molar refractivity (Wildman–Crippen MR) is 140 cm³/mol. The van der Waals surface area contributed by atoms with Crippen LogP contribution in [0.2, 0.25) is 0 Å². The van der Waals surface area contributed by atoms with Gasteiger partial charge in [0.2, 0.25) is 0 Å². The fraction of sp³-hybridized carbons (Fsp3) is 0.517. The van der Waals surface area contributed by atoms with Gasteiger partial charge in [-0.1, -0.05) is 25.8 Å². The summed E-state index contributed by atoms with van der Waals surface area (Å²) in [7, 11) is 3.28. The smallest absolute Gasteiger partial charge is 0.334 e. The zero-order valence-corrected chi connectivity index (χ0v) is 22.2. The van der Waals surface area contributed by atoms with Crippen LogP contribution in [0.25, 0.3) is 6.08 Å². The molecule has 0 fully saturated rings. The summed E-state index contributed by atoms with van der Waals surface area (Å²) in [6.45, 7) is 8.81. The molecule has 0 saturated heterocycles. The largest absolute Gasteiger partial charge is 0.496 e. The molecule has 1 aromatic heterocycles. The Morgan fingerprint density at radius 2 is 1.74 bits per heavy atom. The van der Waals surface area contributed by atoms with E-state index in [1.165, 1.54) is 5.56 Å². The van der Waals surface area contributed by atoms with Crippen LogP contribution < -0.4 is 14.2 Å². The third-order valence-electron chi connectivity index (χ3n) is 6.02. The van der Waals surface area contributed by atoms with Crippen molar-refractivity contribution in [3.8, 4) is 17.2 Å². The molecule has 35 heavy (non-hydrogen) atoms. The first-order valence-corrected chi connectivity index (χ1v) is 12.6. The number of carbonyl (C=O) groups is 1. The molecule has 0 aliphatic heterocycles. The van der Waals surface area contributed by atoms with Gasteiger partial charge in [-0.2, -0.15) is 0 Å². The highest BCUT2D eigenvalue weighted by molar-refractivity contribution is 5.95. The highest BCUT2D eigenvalue weighted by Crippen LogP contribution is 2.44. The van der Waals surface area contributed by atoms with Crippen LogP contribution >= 0.6 is 0 Å². The standard InChI is InChI=1S/C29H41NO5/c1-7-9-18-35-27-22(4)26(32-5)21(3)25(28(27)33-6)19-24(29(31)34-8-2)16-12-10-11-14-23-15-13-17-30-20-23/h13,15,17,19-20H,7-12,14,16,18H2,1-6H3/b24-19+. The van der Waals surface area contributed by atoms with Crippen molar-refractivity contribution in [3.05, 3.63) is 52.4 Å². The summed E-state index contributed by atoms with van der Waals surface area (Å²) in [6, 6.07) is 4.06. The van der Waals surface area contributed by atoms with Gasteiger partial charge in [-0.05, 0) is 70.6 Å². The SMILES string of the molecule is CCCCOc1c(C)c(OC)c(C)c(/C=C(\CCCCCc2cccnc2)C(=O)OCC)c1OC. The van der Waals surface area contributed by atoms with Gasteiger partial charge in [0.1, 0.15) is 5.75 Å². The first-order valence-electron chi connectivity index (χ1n) is 12.6. The van der Waals surface area contributed by atoms with Gasteiger partial charge in [0, 0.05) is 34.7 Å². The summed E-state index contributed by atoms with van der Waals surface area (Å²) in [5, 5.41) is 0. The van der Waals surface area contributed by atoms with Crippen molar-refractivity contribution in [2.24, 2.45) is 0 Å². The summed E-state index contributed by atoms with van der Waals surface area (Å²) in [6.07, 6.45) is 12.1. The minimum absolute atomic E-state index is 0.297. The monoisotopic (exact) mass is 483 g/mol. The van der Waals surface area contributed by atoms with E-state index >= 15 is 0 Å². The summed E-state index contributed by atoms with van der Waals surface area (Å²) in [4.78, 5) is 17.0. The van der Waals surface area contributed by atoms with Crippen LogP contribution in [0, 0.1) is 13.8 Å². The number of rotatable bonds is 15. The Kier molecular flexibility index (Phi) is 12.2. The Hall–Kier alpha value is -3.02. The Morgan fingerprint density at radius 1 is 0.971 bits per heavy atom. The number of nitrogens with zero attached hydrogens (tertiary/aromatic N) is 1. The summed E-state index contributed by atoms with van der Waals surface area (Å²) in [5.74, 6) is 1.72. The number of unbranched alkanes of at least 4 members (excludes halogenated alkanes) is 3. The van der Waals surface area contributed by atoms with E-state index in [2.05, 4.69) is 18.0 Å². The van der Waals surface area contributed by atoms with Gasteiger partial charge < -0.3 is 18.9 Å². The van der Waals surface area contributed by atoms with Crippen molar-refractivity contribution < 1.29 is 23.7 Å². The fourth-order valence-electron chi connectivity index (χ4n) is 4.14. The minimum atomic E-state index is -0.297. The summed E-state index contributed by atoms with van der Waals surface area (Å²) >= 11 is 0. The zero-order chi connectivity index (χ0) is 25.6. The van der Waals surface area contributed by atoms with Crippen LogP contribution in [-0.2, 0) is 16.0 Å². The van der Waals surface area contributed by atoms with Crippen molar-refractivity contribution in [3.63, 3.8) is 0 Å². The molecule has 2 rings (SSSR count). The predicted octanol–water partition coefficient (Wildman–Crippen LogP) is 6.64. The number of aryl methyl sites for hydroxylation is 1. The number of methoxy groups -OCH3 is 2. The Labute approximate surface area is 210 Å². The molecule has 2 aromatic rings. The van der Waals surface area contributed by atoms with E-state index in [1.807, 2.05) is 39.1 Å². The van der Waals surface area contributed by atoms with Gasteiger partial charge in [-0.25, -0.2) is 4.79 Å². The molecule has 0 atom stereocenters. The summed E-state index contributed by atoms with van der Waals surface area (Å²) < 4.78 is 23.1. The van der Waals surface area contributed by atoms with Gasteiger partial charge in [0.25, 0.3) is 0 Å². The van der Waals surface area contributed by atoms with Crippen molar-refractivity contribution in [1.82, 2.24) is 4.98 Å². The molecule has 0 spiro atoms. The number of hydrogen-bond donors (Lipinski definition) is 0. The maximum Gasteiger partial charge on any atom is 0.334 e. The fourth-order valence-corrected chi connectivity index (χ4v) is 4.14. The van der Waals surface area contributed by atoms with Crippen molar-refractivity contribution in [2.75, 3.05) is 27.4 Å². The highest BCUT2D eigenvalue weighted by Gasteiger charge is 2.23. The van der Waals surface area contributed by atoms with Crippen LogP contribution in [0.1, 0.15) is 74.6 Å². The normalized spacial score (nSPS) is 11.3. The molecule has 1 aromatic carbocycles. The van der Waals surface area contributed by atoms with Crippen molar-refractivity contribution in [1.29, 1.82) is 0 Å². The molecule has 0 amide bonds. The van der Waals surface area contributed by atoms with Crippen LogP contribution in [-0.4, -0.2) is 38.4 Å². The third-order valence-corrected chi connectivity index (χ3v) is 6.02. The number of esters is 1. The van der Waals surface area contributed by atoms with Gasteiger partial charge in [0.15, 0.2) is 11.5 Å². The lowest BCUT2D eigenvalue weighted by atomic mass is 9.96. The second kappa shape index (κ2) is 15.1. The maximum atomic E-state index is 12.9. The number of benzene rings is 1. The summed E-state index contributed by atoms with van der Waals surface area (Å²) in [5.41, 5.74) is 4.45. The lowest BCUT2D eigenvalue weighted by Gasteiger charge is -2.21. The van der Waals surface area contributed by atoms with Gasteiger partial charge in [0.05, 0.1) is 27.4 Å². The van der Waals surface area contributed by atoms with E-state index in [0.29, 0.717) is 36.7 Å². The van der Waals surface area contributed by atoms with E-state index in [-0.39, 0.29) is 5.97 Å². The van der Waals surface area contributed by atoms with Gasteiger partial charge in [-0.3, -0.25) is 4.98 Å². The molecular weight excluding hydrogens is 442 g/mol. The van der Waals surface area contributed by atoms with E-state index in [9.17, 15) is 4.79 Å². The molecule has 192 valence electrons. The second-order valence-corrected chi connectivity index (χ2v) is 8.57. The molecule has 0 unspecified atom stereocenters. The molecular formula is C29H41NO5. The van der Waals surface area contributed by atoms with E-state index in [4.69, 9.17) is 18.9 Å². The average Bonchev–Trinajstić information content (AvgIpc) is 2.86. The zero-order valence-electron chi connectivity index (χ0n) is 22.2. The second-order valence-electron chi connectivity index (χ2n) is 8.57. The van der Waals surface area contributed by atoms with Crippen LogP contribution in [0.3, 0.4) is 0 Å². The number of ether oxygens (including phenoxy) is 4. The minimum Gasteiger partial charge on any atom is -0.496 e. The van der Waals surface area contributed by atoms with E-state index in [1.54, 1.807) is 20.4 Å². The molecule has 0 saturated carbocycles. The Morgan fingerprint density at radius 3 is 2.37 bits per heavy atom. The molecule has 0 radical (unpaired) electrons. The van der Waals surface area contributed by atoms with Gasteiger partial charge in [-0.15, -0.1) is 0 Å². The Balaban J connectivity index is 2.32. The lowest BCUT2D eigenvalue weighted by molar-refractivity contribution is -0.138. The quantitative estimate of drug-likeness (QED) is 0.161. The number of hydrogen-bond acceptors (Lipinski definition) is 6. The van der Waals surface area contributed by atoms with E-state index in [0.717, 1.165) is 61.0 Å². The number of pyridine rings is 1. The van der Waals surface area contributed by atoms with Crippen LogP contribution in [0.5, 0.6) is 17.2 Å². The third kappa shape index (κ3) is 8.01. The van der Waals surface area contributed by atoms with Crippen molar-refractivity contribution in [2.45, 2.75) is 72.6 Å². The first-order chi connectivity index (χ1) is 17.0. The number of carbonyl (C=O) groups excluding carboxylic acids is 1. The molecule has 0 aliphatic carbocycles. The Bertz CT molecular complexity index is 969. The number of aromatic nitrogens is 1. The molecule has 0 N–H and O–H groups in total. The van der Waals surface area contributed by atoms with Crippen LogP contribution in [0.15, 0.2) is 30.1 Å². The van der Waals surface area contributed by atoms with Crippen LogP contribution in [0.4, 0.5) is 0 Å². The molecule has 6 nitrogen and oxygen atoms in total. The average molecular weight is 484 g/mol.